The average Bonchev–Trinajstić information content (AvgIpc) is 3.54. The Morgan fingerprint density at radius 1 is 0.980 bits per heavy atom. The number of halogens is 4. The number of amides is 4. The van der Waals surface area contributed by atoms with Crippen LogP contribution in [0.5, 0.6) is 0 Å². The van der Waals surface area contributed by atoms with Crippen LogP contribution >= 0.6 is 22.9 Å². The Kier molecular flexibility index (Phi) is 11.0. The molecule has 0 radical (unpaired) electrons. The fraction of sp³-hybridized carbons (Fsp3) is 0.629. The van der Waals surface area contributed by atoms with E-state index < -0.39 is 17.7 Å². The number of fused-ring (bicyclic) bond motifs is 1. The lowest BCUT2D eigenvalue weighted by molar-refractivity contribution is -0.143. The highest BCUT2D eigenvalue weighted by atomic mass is 35.5. The molecule has 3 saturated heterocycles. The first kappa shape index (κ1) is 35.8. The lowest BCUT2D eigenvalue weighted by Gasteiger charge is -2.41. The van der Waals surface area contributed by atoms with Gasteiger partial charge in [-0.3, -0.25) is 9.59 Å². The predicted octanol–water partition coefficient (Wildman–Crippen LogP) is 6.63. The number of urea groups is 1. The van der Waals surface area contributed by atoms with Crippen molar-refractivity contribution in [3.05, 3.63) is 44.6 Å². The van der Waals surface area contributed by atoms with E-state index in [4.69, 9.17) is 11.6 Å². The van der Waals surface area contributed by atoms with Crippen LogP contribution in [0.4, 0.5) is 29.3 Å². The number of carbonyl (C=O) groups is 3. The van der Waals surface area contributed by atoms with Gasteiger partial charge in [-0.2, -0.15) is 13.2 Å². The maximum atomic E-state index is 14.1. The molecule has 4 amide bonds. The molecule has 2 aromatic rings. The molecule has 0 aliphatic carbocycles. The summed E-state index contributed by atoms with van der Waals surface area (Å²) in [5.74, 6) is -0.0212. The van der Waals surface area contributed by atoms with Crippen LogP contribution in [0, 0.1) is 17.8 Å². The Balaban J connectivity index is 1.14. The van der Waals surface area contributed by atoms with Crippen LogP contribution in [-0.4, -0.2) is 96.9 Å². The van der Waals surface area contributed by atoms with Gasteiger partial charge in [0.2, 0.25) is 11.8 Å². The highest BCUT2D eigenvalue weighted by Gasteiger charge is 2.38. The Labute approximate surface area is 295 Å². The van der Waals surface area contributed by atoms with Gasteiger partial charge < -0.3 is 30.2 Å². The highest BCUT2D eigenvalue weighted by molar-refractivity contribution is 7.08. The molecular weight excluding hydrogens is 677 g/mol. The predicted molar refractivity (Wildman–Crippen MR) is 186 cm³/mol. The maximum absolute atomic E-state index is 14.1. The number of benzene rings is 1. The number of alkyl halides is 3. The second-order valence-corrected chi connectivity index (χ2v) is 15.3. The van der Waals surface area contributed by atoms with Crippen molar-refractivity contribution in [3.8, 4) is 0 Å². The fourth-order valence-electron chi connectivity index (χ4n) is 8.20. The molecule has 0 saturated carbocycles. The van der Waals surface area contributed by atoms with Crippen molar-refractivity contribution in [1.29, 1.82) is 0 Å². The van der Waals surface area contributed by atoms with E-state index in [2.05, 4.69) is 22.6 Å². The van der Waals surface area contributed by atoms with Gasteiger partial charge in [0.1, 0.15) is 0 Å². The molecule has 9 nitrogen and oxygen atoms in total. The minimum absolute atomic E-state index is 0.0194. The van der Waals surface area contributed by atoms with E-state index in [0.29, 0.717) is 57.4 Å². The summed E-state index contributed by atoms with van der Waals surface area (Å²) in [6.45, 7) is 4.75. The summed E-state index contributed by atoms with van der Waals surface area (Å²) in [7, 11) is 3.53. The zero-order valence-corrected chi connectivity index (χ0v) is 29.7. The van der Waals surface area contributed by atoms with Crippen LogP contribution in [0.2, 0.25) is 5.02 Å². The van der Waals surface area contributed by atoms with Crippen LogP contribution in [0.3, 0.4) is 0 Å². The van der Waals surface area contributed by atoms with Gasteiger partial charge in [-0.15, -0.1) is 11.3 Å². The van der Waals surface area contributed by atoms with Crippen molar-refractivity contribution in [2.45, 2.75) is 70.1 Å². The topological polar surface area (TPSA) is 88.2 Å². The smallest absolute Gasteiger partial charge is 0.386 e. The molecule has 6 rings (SSSR count). The molecule has 0 bridgehead atoms. The largest absolute Gasteiger partial charge is 0.418 e. The lowest BCUT2D eigenvalue weighted by Crippen LogP contribution is -2.51. The van der Waals surface area contributed by atoms with Crippen LogP contribution in [0.1, 0.15) is 61.6 Å². The molecule has 1 atom stereocenters. The van der Waals surface area contributed by atoms with Crippen molar-refractivity contribution < 1.29 is 27.6 Å². The van der Waals surface area contributed by atoms with E-state index >= 15 is 0 Å². The first-order valence-corrected chi connectivity index (χ1v) is 18.7. The number of rotatable bonds is 8. The molecule has 268 valence electrons. The van der Waals surface area contributed by atoms with Gasteiger partial charge in [0.15, 0.2) is 0 Å². The third kappa shape index (κ3) is 8.14. The molecule has 4 aliphatic heterocycles. The van der Waals surface area contributed by atoms with Crippen LogP contribution in [0.15, 0.2) is 22.9 Å². The summed E-state index contributed by atoms with van der Waals surface area (Å²) >= 11 is 7.87. The van der Waals surface area contributed by atoms with Crippen molar-refractivity contribution in [3.63, 3.8) is 0 Å². The van der Waals surface area contributed by atoms with E-state index in [1.807, 2.05) is 20.6 Å². The first-order valence-electron chi connectivity index (χ1n) is 17.4. The Morgan fingerprint density at radius 3 is 2.24 bits per heavy atom. The van der Waals surface area contributed by atoms with Gasteiger partial charge in [-0.1, -0.05) is 11.6 Å². The minimum Gasteiger partial charge on any atom is -0.386 e. The molecular formula is C35H46ClF3N6O3S. The Morgan fingerprint density at radius 2 is 1.61 bits per heavy atom. The number of nitrogens with zero attached hydrogens (tertiary/aromatic N) is 4. The molecule has 4 aliphatic rings. The fourth-order valence-corrected chi connectivity index (χ4v) is 9.32. The molecule has 0 spiro atoms. The number of likely N-dealkylation sites (tertiary alicyclic amines) is 3. The number of nitrogens with one attached hydrogen (secondary N) is 2. The minimum atomic E-state index is -4.65. The standard InChI is InChI=1S/C35H46ClF3N6O3S/c1-40-32-28(35(37,38)39)16-22(17-29(32)36)15-25(33(47)44-11-5-24(6-12-44)23-3-9-42(2)10-4-23)18-31(46)43-13-7-27(8-14-43)45-19-26-20-49-21-30(26)41-34(45)48/h16-17,20-21,23-25,27,40H,3-15,18-19H2,1-2H3,(H,41,48)/t25-/m0/s1. The summed E-state index contributed by atoms with van der Waals surface area (Å²) in [5, 5.41) is 9.38. The van der Waals surface area contributed by atoms with Gasteiger partial charge in [0.05, 0.1) is 34.4 Å². The van der Waals surface area contributed by atoms with Gasteiger partial charge in [-0.25, -0.2) is 4.79 Å². The zero-order chi connectivity index (χ0) is 34.9. The molecule has 1 aromatic carbocycles. The maximum Gasteiger partial charge on any atom is 0.418 e. The molecule has 3 fully saturated rings. The third-order valence-corrected chi connectivity index (χ3v) is 12.2. The van der Waals surface area contributed by atoms with Crippen molar-refractivity contribution >= 4 is 52.2 Å². The van der Waals surface area contributed by atoms with E-state index in [1.54, 1.807) is 16.2 Å². The van der Waals surface area contributed by atoms with Crippen LogP contribution < -0.4 is 10.6 Å². The Bertz CT molecular complexity index is 1510. The van der Waals surface area contributed by atoms with Crippen molar-refractivity contribution in [2.24, 2.45) is 17.8 Å². The molecule has 2 N–H and O–H groups in total. The number of thiophene rings is 1. The summed E-state index contributed by atoms with van der Waals surface area (Å²) in [5.41, 5.74) is 1.09. The number of anilines is 2. The summed E-state index contributed by atoms with van der Waals surface area (Å²) in [6, 6.07) is 2.35. The van der Waals surface area contributed by atoms with Gasteiger partial charge >= 0.3 is 12.2 Å². The SMILES string of the molecule is CNc1c(Cl)cc(C[C@@H](CC(=O)N2CCC(N3Cc4cscc4NC3=O)CC2)C(=O)N2CCC(C3CCN(C)CC3)CC2)cc1C(F)(F)F. The molecule has 14 heteroatoms. The first-order chi connectivity index (χ1) is 23.4. The van der Waals surface area contributed by atoms with Gasteiger partial charge in [-0.05, 0) is 100.0 Å². The van der Waals surface area contributed by atoms with E-state index in [-0.39, 0.29) is 53.0 Å². The van der Waals surface area contributed by atoms with E-state index in [0.717, 1.165) is 56.1 Å². The number of carbonyl (C=O) groups excluding carboxylic acids is 3. The number of hydrogen-bond acceptors (Lipinski definition) is 6. The Hall–Kier alpha value is -3.03. The summed E-state index contributed by atoms with van der Waals surface area (Å²) < 4.78 is 42.1. The second-order valence-electron chi connectivity index (χ2n) is 14.1. The molecule has 1 aromatic heterocycles. The highest BCUT2D eigenvalue weighted by Crippen LogP contribution is 2.40. The van der Waals surface area contributed by atoms with Crippen LogP contribution in [0.25, 0.3) is 0 Å². The quantitative estimate of drug-likeness (QED) is 0.320. The molecule has 49 heavy (non-hydrogen) atoms. The number of hydrogen-bond donors (Lipinski definition) is 2. The average molecular weight is 723 g/mol. The van der Waals surface area contributed by atoms with E-state index in [1.165, 1.54) is 13.1 Å². The monoisotopic (exact) mass is 722 g/mol. The summed E-state index contributed by atoms with van der Waals surface area (Å²) in [4.78, 5) is 48.5. The lowest BCUT2D eigenvalue weighted by atomic mass is 9.78. The van der Waals surface area contributed by atoms with Gasteiger partial charge in [0, 0.05) is 56.6 Å². The third-order valence-electron chi connectivity index (χ3n) is 11.1. The van der Waals surface area contributed by atoms with Crippen LogP contribution in [-0.2, 0) is 28.7 Å². The van der Waals surface area contributed by atoms with Gasteiger partial charge in [0.25, 0.3) is 0 Å². The number of piperidine rings is 3. The van der Waals surface area contributed by atoms with Crippen molar-refractivity contribution in [2.75, 3.05) is 64.0 Å². The van der Waals surface area contributed by atoms with E-state index in [9.17, 15) is 27.6 Å². The second kappa shape index (κ2) is 15.1. The summed E-state index contributed by atoms with van der Waals surface area (Å²) in [6.07, 6.45) is 0.543. The van der Waals surface area contributed by atoms with Crippen molar-refractivity contribution in [1.82, 2.24) is 19.6 Å². The molecule has 0 unspecified atom stereocenters. The molecule has 5 heterocycles. The normalized spacial score (nSPS) is 21.0. The zero-order valence-electron chi connectivity index (χ0n) is 28.2.